The van der Waals surface area contributed by atoms with Crippen LogP contribution in [0.5, 0.6) is 5.75 Å². The molecular weight excluding hydrogens is 330 g/mol. The Balaban J connectivity index is 1.79. The number of hydrogen-bond acceptors (Lipinski definition) is 4. The van der Waals surface area contributed by atoms with Crippen molar-refractivity contribution in [3.63, 3.8) is 0 Å². The molecule has 0 fully saturated rings. The fraction of sp³-hybridized carbons (Fsp3) is 0.222. The molecule has 2 heterocycles. The highest BCUT2D eigenvalue weighted by Gasteiger charge is 2.20. The van der Waals surface area contributed by atoms with E-state index < -0.39 is 0 Å². The lowest BCUT2D eigenvalue weighted by Crippen LogP contribution is -2.22. The number of methoxy groups -OCH3 is 1. The van der Waals surface area contributed by atoms with E-state index in [0.717, 1.165) is 56.8 Å². The quantitative estimate of drug-likeness (QED) is 0.732. The van der Waals surface area contributed by atoms with Gasteiger partial charge in [-0.15, -0.1) is 0 Å². The van der Waals surface area contributed by atoms with Gasteiger partial charge in [-0.3, -0.25) is 0 Å². The number of furan rings is 1. The zero-order chi connectivity index (χ0) is 15.8. The largest absolute Gasteiger partial charge is 0.493 e. The molecule has 3 nitrogen and oxygen atoms in total. The molecule has 1 N–H and O–H groups in total. The van der Waals surface area contributed by atoms with Crippen LogP contribution in [0.4, 0.5) is 0 Å². The van der Waals surface area contributed by atoms with Crippen molar-refractivity contribution in [2.24, 2.45) is 0 Å². The number of fused-ring (bicyclic) bond motifs is 3. The van der Waals surface area contributed by atoms with Gasteiger partial charge in [0.25, 0.3) is 0 Å². The number of nitrogens with one attached hydrogen (secondary N) is 1. The third-order valence-corrected chi connectivity index (χ3v) is 5.25. The minimum absolute atomic E-state index is 0.748. The van der Waals surface area contributed by atoms with Crippen molar-refractivity contribution in [3.05, 3.63) is 52.7 Å². The summed E-state index contributed by atoms with van der Waals surface area (Å²) in [4.78, 5) is 2.28. The highest BCUT2D eigenvalue weighted by atomic mass is 35.5. The summed E-state index contributed by atoms with van der Waals surface area (Å²) in [6.07, 6.45) is 0.923. The van der Waals surface area contributed by atoms with E-state index in [0.29, 0.717) is 0 Å². The van der Waals surface area contributed by atoms with E-state index in [4.69, 9.17) is 20.8 Å². The third-order valence-electron chi connectivity index (χ3n) is 4.02. The molecule has 0 radical (unpaired) electrons. The molecule has 3 aromatic rings. The van der Waals surface area contributed by atoms with E-state index in [1.807, 2.05) is 30.3 Å². The summed E-state index contributed by atoms with van der Waals surface area (Å²) >= 11 is 7.65. The Bertz CT molecular complexity index is 858. The van der Waals surface area contributed by atoms with E-state index in [1.54, 1.807) is 18.9 Å². The van der Waals surface area contributed by atoms with Gasteiger partial charge in [-0.05, 0) is 36.4 Å². The van der Waals surface area contributed by atoms with Crippen LogP contribution in [-0.4, -0.2) is 13.7 Å². The summed E-state index contributed by atoms with van der Waals surface area (Å²) in [6.45, 7) is 1.81. The minimum Gasteiger partial charge on any atom is -0.493 e. The van der Waals surface area contributed by atoms with Crippen molar-refractivity contribution < 1.29 is 9.15 Å². The fourth-order valence-corrected chi connectivity index (χ4v) is 3.91. The van der Waals surface area contributed by atoms with E-state index in [1.165, 1.54) is 5.56 Å². The molecule has 0 unspecified atom stereocenters. The molecule has 0 amide bonds. The average molecular weight is 346 g/mol. The maximum Gasteiger partial charge on any atom is 0.176 e. The SMILES string of the molecule is COc1cc(Sc2ccc(Cl)cc2)cc2c3c(oc12)CCNC3. The average Bonchev–Trinajstić information content (AvgIpc) is 2.95. The van der Waals surface area contributed by atoms with Gasteiger partial charge >= 0.3 is 0 Å². The lowest BCUT2D eigenvalue weighted by Gasteiger charge is -2.11. The second kappa shape index (κ2) is 6.11. The fourth-order valence-electron chi connectivity index (χ4n) is 2.90. The van der Waals surface area contributed by atoms with Crippen LogP contribution < -0.4 is 10.1 Å². The molecule has 1 aromatic heterocycles. The normalized spacial score (nSPS) is 14.0. The van der Waals surface area contributed by atoms with Crippen LogP contribution in [-0.2, 0) is 13.0 Å². The van der Waals surface area contributed by atoms with Gasteiger partial charge < -0.3 is 14.5 Å². The Hall–Kier alpha value is -1.62. The molecule has 118 valence electrons. The predicted octanol–water partition coefficient (Wildman–Crippen LogP) is 4.89. The molecule has 0 atom stereocenters. The second-order valence-corrected chi connectivity index (χ2v) is 7.07. The lowest BCUT2D eigenvalue weighted by atomic mass is 10.1. The standard InChI is InChI=1S/C18H16ClNO2S/c1-21-17-9-13(23-12-4-2-11(19)3-5-12)8-14-15-10-20-7-6-16(15)22-18(14)17/h2-5,8-9,20H,6-7,10H2,1H3. The summed E-state index contributed by atoms with van der Waals surface area (Å²) < 4.78 is 11.6. The van der Waals surface area contributed by atoms with Crippen molar-refractivity contribution in [2.75, 3.05) is 13.7 Å². The first-order valence-corrected chi connectivity index (χ1v) is 8.70. The molecule has 0 saturated carbocycles. The lowest BCUT2D eigenvalue weighted by molar-refractivity contribution is 0.405. The molecular formula is C18H16ClNO2S. The first kappa shape index (κ1) is 14.9. The van der Waals surface area contributed by atoms with Crippen LogP contribution in [0.3, 0.4) is 0 Å². The van der Waals surface area contributed by atoms with E-state index in [9.17, 15) is 0 Å². The van der Waals surface area contributed by atoms with Gasteiger partial charge in [0.1, 0.15) is 5.76 Å². The number of hydrogen-bond donors (Lipinski definition) is 1. The Morgan fingerprint density at radius 3 is 2.78 bits per heavy atom. The third kappa shape index (κ3) is 2.82. The van der Waals surface area contributed by atoms with E-state index in [2.05, 4.69) is 11.4 Å². The number of rotatable bonds is 3. The van der Waals surface area contributed by atoms with Crippen molar-refractivity contribution in [1.82, 2.24) is 5.32 Å². The second-order valence-electron chi connectivity index (χ2n) is 5.49. The number of halogens is 1. The van der Waals surface area contributed by atoms with Crippen molar-refractivity contribution in [2.45, 2.75) is 22.8 Å². The Morgan fingerprint density at radius 1 is 1.17 bits per heavy atom. The maximum absolute atomic E-state index is 6.04. The van der Waals surface area contributed by atoms with E-state index >= 15 is 0 Å². The topological polar surface area (TPSA) is 34.4 Å². The highest BCUT2D eigenvalue weighted by Crippen LogP contribution is 2.40. The summed E-state index contributed by atoms with van der Waals surface area (Å²) in [7, 11) is 1.69. The van der Waals surface area contributed by atoms with Gasteiger partial charge in [0.2, 0.25) is 0 Å². The molecule has 1 aliphatic rings. The summed E-state index contributed by atoms with van der Waals surface area (Å²) in [5, 5.41) is 5.30. The molecule has 0 aliphatic carbocycles. The summed E-state index contributed by atoms with van der Waals surface area (Å²) in [6, 6.07) is 12.1. The summed E-state index contributed by atoms with van der Waals surface area (Å²) in [5.41, 5.74) is 2.10. The van der Waals surface area contributed by atoms with Crippen molar-refractivity contribution in [3.8, 4) is 5.75 Å². The smallest absolute Gasteiger partial charge is 0.176 e. The maximum atomic E-state index is 6.04. The van der Waals surface area contributed by atoms with Gasteiger partial charge in [0.05, 0.1) is 7.11 Å². The Kier molecular flexibility index (Phi) is 3.97. The monoisotopic (exact) mass is 345 g/mol. The predicted molar refractivity (Wildman–Crippen MR) is 93.8 cm³/mol. The van der Waals surface area contributed by atoms with Crippen molar-refractivity contribution in [1.29, 1.82) is 0 Å². The molecule has 2 aromatic carbocycles. The van der Waals surface area contributed by atoms with Crippen LogP contribution in [0.25, 0.3) is 11.0 Å². The summed E-state index contributed by atoms with van der Waals surface area (Å²) in [5.74, 6) is 1.86. The minimum atomic E-state index is 0.748. The van der Waals surface area contributed by atoms with Gasteiger partial charge in [-0.1, -0.05) is 23.4 Å². The molecule has 0 bridgehead atoms. The Morgan fingerprint density at radius 2 is 2.00 bits per heavy atom. The van der Waals surface area contributed by atoms with Gasteiger partial charge in [-0.2, -0.15) is 0 Å². The molecule has 0 spiro atoms. The van der Waals surface area contributed by atoms with Crippen LogP contribution in [0.15, 0.2) is 50.6 Å². The van der Waals surface area contributed by atoms with Gasteiger partial charge in [-0.25, -0.2) is 0 Å². The first-order valence-electron chi connectivity index (χ1n) is 7.51. The van der Waals surface area contributed by atoms with Gasteiger partial charge in [0.15, 0.2) is 11.3 Å². The van der Waals surface area contributed by atoms with E-state index in [-0.39, 0.29) is 0 Å². The first-order chi connectivity index (χ1) is 11.2. The van der Waals surface area contributed by atoms with Gasteiger partial charge in [0, 0.05) is 45.3 Å². The zero-order valence-corrected chi connectivity index (χ0v) is 14.3. The molecule has 4 rings (SSSR count). The van der Waals surface area contributed by atoms with Crippen LogP contribution in [0.2, 0.25) is 5.02 Å². The highest BCUT2D eigenvalue weighted by molar-refractivity contribution is 7.99. The molecule has 0 saturated heterocycles. The molecule has 1 aliphatic heterocycles. The van der Waals surface area contributed by atoms with Crippen LogP contribution in [0.1, 0.15) is 11.3 Å². The van der Waals surface area contributed by atoms with Crippen LogP contribution >= 0.6 is 23.4 Å². The number of ether oxygens (including phenoxy) is 1. The van der Waals surface area contributed by atoms with Crippen molar-refractivity contribution >= 4 is 34.3 Å². The molecule has 23 heavy (non-hydrogen) atoms. The van der Waals surface area contributed by atoms with Crippen LogP contribution in [0, 0.1) is 0 Å². The molecule has 5 heteroatoms. The Labute approximate surface area is 144 Å². The zero-order valence-electron chi connectivity index (χ0n) is 12.7. The number of benzene rings is 2.